The lowest BCUT2D eigenvalue weighted by Crippen LogP contribution is -2.45. The number of nitrogens with two attached hydrogens (primary N) is 1. The van der Waals surface area contributed by atoms with E-state index >= 15 is 0 Å². The highest BCUT2D eigenvalue weighted by atomic mass is 35.5. The van der Waals surface area contributed by atoms with Crippen LogP contribution in [0.1, 0.15) is 23.2 Å². The summed E-state index contributed by atoms with van der Waals surface area (Å²) in [6, 6.07) is 4.15. The molecule has 0 bridgehead atoms. The fraction of sp³-hybridized carbons (Fsp3) is 0.368. The Morgan fingerprint density at radius 3 is 2.60 bits per heavy atom. The maximum Gasteiger partial charge on any atom is 0.332 e. The lowest BCUT2D eigenvalue weighted by Gasteiger charge is -2.23. The number of nitrogen functional groups attached to an aromatic ring is 1. The number of amides is 1. The van der Waals surface area contributed by atoms with E-state index in [4.69, 9.17) is 28.9 Å². The number of halogens is 2. The van der Waals surface area contributed by atoms with Crippen molar-refractivity contribution in [2.24, 2.45) is 14.1 Å². The number of anilines is 2. The number of nitrogens with zero attached hydrogens (tertiary/aromatic N) is 3. The fourth-order valence-electron chi connectivity index (χ4n) is 3.51. The molecule has 2 heterocycles. The Labute approximate surface area is 182 Å². The van der Waals surface area contributed by atoms with Gasteiger partial charge in [0.2, 0.25) is 5.91 Å². The van der Waals surface area contributed by atoms with Gasteiger partial charge >= 0.3 is 5.69 Å². The smallest absolute Gasteiger partial charge is 0.332 e. The predicted molar refractivity (Wildman–Crippen MR) is 115 cm³/mol. The van der Waals surface area contributed by atoms with Crippen LogP contribution in [0.3, 0.4) is 0 Å². The highest BCUT2D eigenvalue weighted by Crippen LogP contribution is 2.27. The minimum absolute atomic E-state index is 0.182. The Bertz CT molecular complexity index is 1140. The van der Waals surface area contributed by atoms with Gasteiger partial charge in [-0.2, -0.15) is 0 Å². The number of ketones is 1. The van der Waals surface area contributed by atoms with Crippen molar-refractivity contribution in [1.29, 1.82) is 0 Å². The number of likely N-dealkylation sites (tertiary alicyclic amines) is 1. The van der Waals surface area contributed by atoms with Crippen LogP contribution < -0.4 is 22.3 Å². The van der Waals surface area contributed by atoms with Gasteiger partial charge in [-0.05, 0) is 37.6 Å². The van der Waals surface area contributed by atoms with E-state index in [9.17, 15) is 19.2 Å². The zero-order chi connectivity index (χ0) is 22.2. The third kappa shape index (κ3) is 4.14. The number of nitrogens with one attached hydrogen (secondary N) is 1. The van der Waals surface area contributed by atoms with Gasteiger partial charge in [0, 0.05) is 19.1 Å². The van der Waals surface area contributed by atoms with E-state index in [0.717, 1.165) is 9.13 Å². The van der Waals surface area contributed by atoms with E-state index in [1.54, 1.807) is 23.1 Å². The number of hydrogen-bond acceptors (Lipinski definition) is 6. The molecule has 1 amide bonds. The molecule has 3 rings (SSSR count). The minimum atomic E-state index is -0.758. The van der Waals surface area contributed by atoms with Crippen LogP contribution in [0.2, 0.25) is 10.0 Å². The lowest BCUT2D eigenvalue weighted by molar-refractivity contribution is -0.120. The van der Waals surface area contributed by atoms with Gasteiger partial charge in [0.25, 0.3) is 5.56 Å². The quantitative estimate of drug-likeness (QED) is 0.657. The zero-order valence-corrected chi connectivity index (χ0v) is 18.0. The van der Waals surface area contributed by atoms with E-state index in [1.807, 2.05) is 0 Å². The van der Waals surface area contributed by atoms with Crippen LogP contribution >= 0.6 is 23.2 Å². The van der Waals surface area contributed by atoms with E-state index in [2.05, 4.69) is 5.32 Å². The van der Waals surface area contributed by atoms with Gasteiger partial charge in [0.05, 0.1) is 23.3 Å². The van der Waals surface area contributed by atoms with Gasteiger partial charge in [0.15, 0.2) is 5.78 Å². The fourth-order valence-corrected chi connectivity index (χ4v) is 3.84. The van der Waals surface area contributed by atoms with Gasteiger partial charge in [-0.1, -0.05) is 23.2 Å². The number of benzene rings is 1. The van der Waals surface area contributed by atoms with Gasteiger partial charge < -0.3 is 11.1 Å². The molecule has 0 aliphatic carbocycles. The second-order valence-corrected chi connectivity index (χ2v) is 7.97. The first-order valence-electron chi connectivity index (χ1n) is 9.20. The number of carbonyl (C=O) groups is 2. The Balaban J connectivity index is 1.81. The topological polar surface area (TPSA) is 119 Å². The molecule has 1 fully saturated rings. The van der Waals surface area contributed by atoms with Crippen molar-refractivity contribution < 1.29 is 9.59 Å². The number of hydrogen-bond donors (Lipinski definition) is 2. The van der Waals surface area contributed by atoms with Crippen molar-refractivity contribution in [3.63, 3.8) is 0 Å². The summed E-state index contributed by atoms with van der Waals surface area (Å²) in [4.78, 5) is 51.7. The lowest BCUT2D eigenvalue weighted by atomic mass is 10.1. The largest absolute Gasteiger partial charge is 0.384 e. The normalized spacial score (nSPS) is 16.6. The summed E-state index contributed by atoms with van der Waals surface area (Å²) in [5.74, 6) is -1.08. The standard InChI is InChI=1S/C19H21Cl2N5O4/c1-24-16(22)15(18(29)25(2)19(24)30)14(27)9-26-7-3-4-13(26)17(28)23-12-8-10(20)5-6-11(12)21/h5-6,8,13H,3-4,7,9,22H2,1-2H3,(H,23,28). The van der Waals surface area contributed by atoms with Crippen LogP contribution in [0.25, 0.3) is 0 Å². The number of Topliss-reactive ketones (excluding diaryl/α,β-unsaturated/α-hetero) is 1. The van der Waals surface area contributed by atoms with Crippen LogP contribution in [0, 0.1) is 0 Å². The molecule has 0 spiro atoms. The van der Waals surface area contributed by atoms with Crippen LogP contribution in [0.4, 0.5) is 11.5 Å². The van der Waals surface area contributed by atoms with Crippen molar-refractivity contribution in [3.05, 3.63) is 54.6 Å². The van der Waals surface area contributed by atoms with Crippen molar-refractivity contribution in [2.75, 3.05) is 24.1 Å². The summed E-state index contributed by atoms with van der Waals surface area (Å²) < 4.78 is 1.88. The number of rotatable bonds is 5. The van der Waals surface area contributed by atoms with Crippen molar-refractivity contribution in [1.82, 2.24) is 14.0 Å². The van der Waals surface area contributed by atoms with Crippen LogP contribution in [0.15, 0.2) is 27.8 Å². The van der Waals surface area contributed by atoms with E-state index in [-0.39, 0.29) is 23.8 Å². The van der Waals surface area contributed by atoms with Crippen molar-refractivity contribution >= 4 is 46.4 Å². The maximum atomic E-state index is 12.9. The second-order valence-electron chi connectivity index (χ2n) is 7.13. The SMILES string of the molecule is Cn1c(N)c(C(=O)CN2CCCC2C(=O)Nc2cc(Cl)ccc2Cl)c(=O)n(C)c1=O. The Morgan fingerprint density at radius 2 is 1.90 bits per heavy atom. The van der Waals surface area contributed by atoms with E-state index in [1.165, 1.54) is 14.1 Å². The molecule has 0 saturated carbocycles. The predicted octanol–water partition coefficient (Wildman–Crippen LogP) is 1.26. The highest BCUT2D eigenvalue weighted by Gasteiger charge is 2.33. The molecule has 1 unspecified atom stereocenters. The Kier molecular flexibility index (Phi) is 6.35. The molecule has 11 heteroatoms. The molecule has 160 valence electrons. The van der Waals surface area contributed by atoms with Gasteiger partial charge in [0.1, 0.15) is 11.4 Å². The number of aromatic nitrogens is 2. The summed E-state index contributed by atoms with van der Waals surface area (Å²) in [6.07, 6.45) is 1.24. The Hall–Kier alpha value is -2.62. The first kappa shape index (κ1) is 22.1. The second kappa shape index (κ2) is 8.63. The van der Waals surface area contributed by atoms with Gasteiger partial charge in [-0.25, -0.2) is 4.79 Å². The molecule has 1 aliphatic heterocycles. The van der Waals surface area contributed by atoms with Crippen molar-refractivity contribution in [3.8, 4) is 0 Å². The minimum Gasteiger partial charge on any atom is -0.384 e. The van der Waals surface area contributed by atoms with Crippen LogP contribution in [0.5, 0.6) is 0 Å². The summed E-state index contributed by atoms with van der Waals surface area (Å²) in [5.41, 5.74) is 4.60. The first-order valence-corrected chi connectivity index (χ1v) is 9.96. The monoisotopic (exact) mass is 453 g/mol. The summed E-state index contributed by atoms with van der Waals surface area (Å²) >= 11 is 12.1. The third-order valence-corrected chi connectivity index (χ3v) is 5.75. The molecule has 9 nitrogen and oxygen atoms in total. The molecule has 1 aromatic heterocycles. The molecule has 1 aromatic carbocycles. The van der Waals surface area contributed by atoms with Gasteiger partial charge in [-0.3, -0.25) is 28.4 Å². The highest BCUT2D eigenvalue weighted by molar-refractivity contribution is 6.35. The molecule has 1 atom stereocenters. The molecular formula is C19H21Cl2N5O4. The zero-order valence-electron chi connectivity index (χ0n) is 16.4. The average Bonchev–Trinajstić information content (AvgIpc) is 3.16. The first-order chi connectivity index (χ1) is 14.1. The maximum absolute atomic E-state index is 12.9. The third-order valence-electron chi connectivity index (χ3n) is 5.19. The molecule has 1 aliphatic rings. The molecular weight excluding hydrogens is 433 g/mol. The molecule has 30 heavy (non-hydrogen) atoms. The van der Waals surface area contributed by atoms with Crippen LogP contribution in [-0.4, -0.2) is 44.9 Å². The Morgan fingerprint density at radius 1 is 1.20 bits per heavy atom. The van der Waals surface area contributed by atoms with E-state index < -0.39 is 23.1 Å². The summed E-state index contributed by atoms with van der Waals surface area (Å²) in [5, 5.41) is 3.51. The molecule has 1 saturated heterocycles. The van der Waals surface area contributed by atoms with E-state index in [0.29, 0.717) is 35.1 Å². The van der Waals surface area contributed by atoms with Crippen LogP contribution in [-0.2, 0) is 18.9 Å². The van der Waals surface area contributed by atoms with Crippen molar-refractivity contribution in [2.45, 2.75) is 18.9 Å². The molecule has 3 N–H and O–H groups in total. The summed E-state index contributed by atoms with van der Waals surface area (Å²) in [7, 11) is 2.66. The molecule has 2 aromatic rings. The average molecular weight is 454 g/mol. The number of carbonyl (C=O) groups excluding carboxylic acids is 2. The van der Waals surface area contributed by atoms with Gasteiger partial charge in [-0.15, -0.1) is 0 Å². The summed E-state index contributed by atoms with van der Waals surface area (Å²) in [6.45, 7) is 0.318. The molecule has 0 radical (unpaired) electrons.